The van der Waals surface area contributed by atoms with Crippen molar-refractivity contribution in [2.24, 2.45) is 5.73 Å². The largest absolute Gasteiger partial charge is 0.375 e. The van der Waals surface area contributed by atoms with E-state index in [1.165, 1.54) is 48.3 Å². The van der Waals surface area contributed by atoms with Crippen LogP contribution in [0.4, 0.5) is 5.00 Å². The minimum Gasteiger partial charge on any atom is -0.375 e. The Labute approximate surface area is 177 Å². The van der Waals surface area contributed by atoms with Crippen LogP contribution in [0.3, 0.4) is 0 Å². The van der Waals surface area contributed by atoms with Gasteiger partial charge in [0.25, 0.3) is 5.91 Å². The van der Waals surface area contributed by atoms with Gasteiger partial charge in [0.1, 0.15) is 5.00 Å². The Morgan fingerprint density at radius 2 is 1.69 bits per heavy atom. The van der Waals surface area contributed by atoms with Crippen molar-refractivity contribution in [3.05, 3.63) is 16.0 Å². The minimum atomic E-state index is -0.430. The predicted molar refractivity (Wildman–Crippen MR) is 116 cm³/mol. The van der Waals surface area contributed by atoms with Crippen molar-refractivity contribution in [3.8, 4) is 0 Å². The number of carbonyl (C=O) groups excluding carboxylic acids is 2. The molecule has 160 valence electrons. The molecule has 3 aliphatic rings. The number of nitrogens with one attached hydrogen (secondary N) is 1. The third-order valence-corrected chi connectivity index (χ3v) is 7.72. The van der Waals surface area contributed by atoms with Crippen LogP contribution >= 0.6 is 11.3 Å². The topological polar surface area (TPSA) is 84.7 Å². The van der Waals surface area contributed by atoms with Crippen LogP contribution < -0.4 is 11.1 Å². The van der Waals surface area contributed by atoms with E-state index in [1.54, 1.807) is 0 Å². The fraction of sp³-hybridized carbons (Fsp3) is 0.727. The van der Waals surface area contributed by atoms with Crippen LogP contribution in [-0.2, 0) is 22.4 Å². The van der Waals surface area contributed by atoms with E-state index in [0.717, 1.165) is 57.2 Å². The molecule has 6 nitrogen and oxygen atoms in total. The summed E-state index contributed by atoms with van der Waals surface area (Å²) in [6.07, 6.45) is 13.2. The predicted octanol–water partition coefficient (Wildman–Crippen LogP) is 3.48. The zero-order valence-electron chi connectivity index (χ0n) is 17.2. The highest BCUT2D eigenvalue weighted by molar-refractivity contribution is 7.17. The van der Waals surface area contributed by atoms with E-state index in [0.29, 0.717) is 29.3 Å². The van der Waals surface area contributed by atoms with Crippen molar-refractivity contribution in [2.75, 3.05) is 25.0 Å². The van der Waals surface area contributed by atoms with Gasteiger partial charge in [-0.25, -0.2) is 0 Å². The van der Waals surface area contributed by atoms with E-state index in [-0.39, 0.29) is 5.91 Å². The molecule has 4 rings (SSSR count). The molecule has 2 fully saturated rings. The molecule has 2 heterocycles. The molecule has 1 aliphatic heterocycles. The molecule has 2 aliphatic carbocycles. The molecular formula is C22H33N3O3S. The number of thiophene rings is 1. The number of nitrogens with two attached hydrogens (primary N) is 1. The fourth-order valence-corrected chi connectivity index (χ4v) is 6.27. The zero-order chi connectivity index (χ0) is 20.2. The summed E-state index contributed by atoms with van der Waals surface area (Å²) in [6, 6.07) is 0. The number of fused-ring (bicyclic) bond motifs is 1. The van der Waals surface area contributed by atoms with E-state index in [9.17, 15) is 9.59 Å². The second-order valence-corrected chi connectivity index (χ2v) is 9.80. The highest BCUT2D eigenvalue weighted by Gasteiger charge is 2.27. The first-order chi connectivity index (χ1) is 14.1. The van der Waals surface area contributed by atoms with Crippen LogP contribution in [-0.4, -0.2) is 48.6 Å². The number of nitrogens with zero attached hydrogens (tertiary/aromatic N) is 1. The smallest absolute Gasteiger partial charge is 0.251 e. The maximum atomic E-state index is 12.6. The normalized spacial score (nSPS) is 21.7. The van der Waals surface area contributed by atoms with E-state index >= 15 is 0 Å². The van der Waals surface area contributed by atoms with Gasteiger partial charge in [-0.3, -0.25) is 14.5 Å². The number of hydrogen-bond donors (Lipinski definition) is 2. The summed E-state index contributed by atoms with van der Waals surface area (Å²) in [5.74, 6) is -0.488. The van der Waals surface area contributed by atoms with Gasteiger partial charge in [0.05, 0.1) is 24.3 Å². The molecule has 0 radical (unpaired) electrons. The molecule has 1 aromatic rings. The van der Waals surface area contributed by atoms with Gasteiger partial charge in [-0.15, -0.1) is 11.3 Å². The van der Waals surface area contributed by atoms with Gasteiger partial charge >= 0.3 is 0 Å². The third-order valence-electron chi connectivity index (χ3n) is 6.51. The lowest BCUT2D eigenvalue weighted by Crippen LogP contribution is -2.42. The molecular weight excluding hydrogens is 386 g/mol. The summed E-state index contributed by atoms with van der Waals surface area (Å²) in [6.45, 7) is 2.12. The first-order valence-electron chi connectivity index (χ1n) is 11.2. The van der Waals surface area contributed by atoms with Gasteiger partial charge in [0.2, 0.25) is 5.91 Å². The summed E-state index contributed by atoms with van der Waals surface area (Å²) < 4.78 is 6.29. The molecule has 3 N–H and O–H groups in total. The Morgan fingerprint density at radius 3 is 2.41 bits per heavy atom. The lowest BCUT2D eigenvalue weighted by atomic mass is 9.95. The highest BCUT2D eigenvalue weighted by atomic mass is 32.1. The fourth-order valence-electron chi connectivity index (χ4n) is 4.96. The average molecular weight is 420 g/mol. The quantitative estimate of drug-likeness (QED) is 0.739. The molecule has 0 atom stereocenters. The average Bonchev–Trinajstić information content (AvgIpc) is 3.08. The summed E-state index contributed by atoms with van der Waals surface area (Å²) in [7, 11) is 0. The number of hydrogen-bond acceptors (Lipinski definition) is 5. The van der Waals surface area contributed by atoms with Crippen LogP contribution in [0, 0.1) is 0 Å². The van der Waals surface area contributed by atoms with Crippen LogP contribution in [0.25, 0.3) is 0 Å². The maximum Gasteiger partial charge on any atom is 0.251 e. The van der Waals surface area contributed by atoms with E-state index in [1.807, 2.05) is 0 Å². The molecule has 2 amide bonds. The van der Waals surface area contributed by atoms with Gasteiger partial charge in [-0.05, 0) is 56.9 Å². The number of carbonyl (C=O) groups is 2. The molecule has 7 heteroatoms. The van der Waals surface area contributed by atoms with Crippen LogP contribution in [0.15, 0.2) is 0 Å². The van der Waals surface area contributed by atoms with Crippen molar-refractivity contribution in [1.82, 2.24) is 4.90 Å². The van der Waals surface area contributed by atoms with E-state index < -0.39 is 5.91 Å². The van der Waals surface area contributed by atoms with Crippen LogP contribution in [0.2, 0.25) is 0 Å². The lowest BCUT2D eigenvalue weighted by Gasteiger charge is -2.34. The number of amides is 2. The van der Waals surface area contributed by atoms with Gasteiger partial charge in [-0.1, -0.05) is 19.3 Å². The zero-order valence-corrected chi connectivity index (χ0v) is 18.0. The second kappa shape index (κ2) is 9.58. The molecule has 0 aromatic carbocycles. The first kappa shape index (κ1) is 20.8. The number of anilines is 1. The van der Waals surface area contributed by atoms with Gasteiger partial charge in [-0.2, -0.15) is 0 Å². The second-order valence-electron chi connectivity index (χ2n) is 8.70. The molecule has 1 aromatic heterocycles. The Kier molecular flexibility index (Phi) is 6.88. The molecule has 0 spiro atoms. The standard InChI is InChI=1S/C22H33N3O3S/c23-21(27)20-17-8-4-5-9-18(17)29-22(20)24-19(26)14-25-12-10-16(11-13-25)28-15-6-2-1-3-7-15/h15-16H,1-14H2,(H2,23,27)(H,24,26). The molecule has 29 heavy (non-hydrogen) atoms. The Hall–Kier alpha value is -1.44. The van der Waals surface area contributed by atoms with Crippen molar-refractivity contribution in [1.29, 1.82) is 0 Å². The summed E-state index contributed by atoms with van der Waals surface area (Å²) >= 11 is 1.53. The number of aryl methyl sites for hydroxylation is 1. The first-order valence-corrected chi connectivity index (χ1v) is 12.0. The molecule has 0 unspecified atom stereocenters. The number of likely N-dealkylation sites (tertiary alicyclic amines) is 1. The third kappa shape index (κ3) is 5.19. The number of primary amides is 1. The van der Waals surface area contributed by atoms with Crippen LogP contribution in [0.1, 0.15) is 78.6 Å². The molecule has 1 saturated heterocycles. The van der Waals surface area contributed by atoms with Crippen LogP contribution in [0.5, 0.6) is 0 Å². The van der Waals surface area contributed by atoms with Gasteiger partial charge in [0, 0.05) is 18.0 Å². The van der Waals surface area contributed by atoms with Gasteiger partial charge < -0.3 is 15.8 Å². The summed E-state index contributed by atoms with van der Waals surface area (Å²) in [5.41, 5.74) is 7.23. The Morgan fingerprint density at radius 1 is 1.00 bits per heavy atom. The van der Waals surface area contributed by atoms with E-state index in [4.69, 9.17) is 10.5 Å². The van der Waals surface area contributed by atoms with Crippen molar-refractivity contribution < 1.29 is 14.3 Å². The Bertz CT molecular complexity index is 734. The number of ether oxygens (including phenoxy) is 1. The maximum absolute atomic E-state index is 12.6. The van der Waals surface area contributed by atoms with Gasteiger partial charge in [0.15, 0.2) is 0 Å². The molecule has 1 saturated carbocycles. The number of rotatable bonds is 6. The summed E-state index contributed by atoms with van der Waals surface area (Å²) in [4.78, 5) is 28.0. The minimum absolute atomic E-state index is 0.0576. The van der Waals surface area contributed by atoms with Crippen molar-refractivity contribution in [2.45, 2.75) is 82.8 Å². The Balaban J connectivity index is 1.27. The summed E-state index contributed by atoms with van der Waals surface area (Å²) in [5, 5.41) is 3.62. The van der Waals surface area contributed by atoms with Crippen molar-refractivity contribution >= 4 is 28.2 Å². The van der Waals surface area contributed by atoms with E-state index in [2.05, 4.69) is 10.2 Å². The SMILES string of the molecule is NC(=O)c1c(NC(=O)CN2CCC(OC3CCCCC3)CC2)sc2c1CCCC2. The lowest BCUT2D eigenvalue weighted by molar-refractivity contribution is -0.118. The highest BCUT2D eigenvalue weighted by Crippen LogP contribution is 2.37. The molecule has 0 bridgehead atoms. The number of piperidine rings is 1. The monoisotopic (exact) mass is 419 g/mol. The van der Waals surface area contributed by atoms with Crippen molar-refractivity contribution in [3.63, 3.8) is 0 Å².